The maximum atomic E-state index is 3.62. The van der Waals surface area contributed by atoms with Crippen LogP contribution in [-0.2, 0) is 0 Å². The molecule has 106 valence electrons. The minimum absolute atomic E-state index is 0.570. The quantitative estimate of drug-likeness (QED) is 0.893. The molecule has 1 heterocycles. The summed E-state index contributed by atoms with van der Waals surface area (Å²) < 4.78 is 0. The molecule has 2 atom stereocenters. The molecule has 0 radical (unpaired) electrons. The van der Waals surface area contributed by atoms with E-state index < -0.39 is 0 Å². The first-order chi connectivity index (χ1) is 9.08. The Bertz CT molecular complexity index is 383. The van der Waals surface area contributed by atoms with Crippen LogP contribution in [0.25, 0.3) is 0 Å². The molecule has 2 rings (SSSR count). The number of piperidine rings is 1. The highest BCUT2D eigenvalue weighted by Gasteiger charge is 2.30. The number of nitrogens with zero attached hydrogens (tertiary/aromatic N) is 1. The number of nitrogens with one attached hydrogen (secondary N) is 1. The van der Waals surface area contributed by atoms with Gasteiger partial charge in [0.25, 0.3) is 0 Å². The van der Waals surface area contributed by atoms with Gasteiger partial charge in [0.15, 0.2) is 0 Å². The Morgan fingerprint density at radius 3 is 2.58 bits per heavy atom. The van der Waals surface area contributed by atoms with Gasteiger partial charge in [-0.2, -0.15) is 0 Å². The van der Waals surface area contributed by atoms with E-state index in [0.29, 0.717) is 12.1 Å². The number of aryl methyl sites for hydroxylation is 1. The van der Waals surface area contributed by atoms with Crippen LogP contribution in [0.1, 0.15) is 43.9 Å². The Balaban J connectivity index is 2.13. The smallest absolute Gasteiger partial charge is 0.0385 e. The minimum Gasteiger partial charge on any atom is -0.314 e. The largest absolute Gasteiger partial charge is 0.314 e. The molecule has 19 heavy (non-hydrogen) atoms. The van der Waals surface area contributed by atoms with Crippen LogP contribution < -0.4 is 5.32 Å². The Morgan fingerprint density at radius 2 is 1.95 bits per heavy atom. The summed E-state index contributed by atoms with van der Waals surface area (Å²) in [4.78, 5) is 2.53. The Morgan fingerprint density at radius 1 is 1.26 bits per heavy atom. The van der Waals surface area contributed by atoms with Gasteiger partial charge in [0.1, 0.15) is 0 Å². The van der Waals surface area contributed by atoms with E-state index in [1.54, 1.807) is 0 Å². The first-order valence-electron chi connectivity index (χ1n) is 7.58. The first-order valence-corrected chi connectivity index (χ1v) is 7.58. The van der Waals surface area contributed by atoms with Gasteiger partial charge in [0, 0.05) is 18.6 Å². The standard InChI is InChI=1S/C17H28N2/c1-13(2)18-12-16-6-5-11-19(4)17(16)15-9-7-14(3)8-10-15/h7-10,13,16-18H,5-6,11-12H2,1-4H3. The summed E-state index contributed by atoms with van der Waals surface area (Å²) in [5.41, 5.74) is 2.82. The molecule has 1 aliphatic heterocycles. The van der Waals surface area contributed by atoms with E-state index in [1.807, 2.05) is 0 Å². The van der Waals surface area contributed by atoms with E-state index in [0.717, 1.165) is 12.5 Å². The summed E-state index contributed by atoms with van der Waals surface area (Å²) in [7, 11) is 2.27. The Kier molecular flexibility index (Phi) is 5.00. The lowest BCUT2D eigenvalue weighted by atomic mass is 9.84. The molecule has 1 saturated heterocycles. The average Bonchev–Trinajstić information content (AvgIpc) is 2.38. The zero-order valence-electron chi connectivity index (χ0n) is 12.8. The lowest BCUT2D eigenvalue weighted by molar-refractivity contribution is 0.118. The van der Waals surface area contributed by atoms with Crippen molar-refractivity contribution in [2.45, 2.75) is 45.7 Å². The molecule has 0 bridgehead atoms. The van der Waals surface area contributed by atoms with Crippen LogP contribution in [0.15, 0.2) is 24.3 Å². The summed E-state index contributed by atoms with van der Waals surface area (Å²) in [6.45, 7) is 8.96. The number of hydrogen-bond donors (Lipinski definition) is 1. The third-order valence-corrected chi connectivity index (χ3v) is 4.21. The van der Waals surface area contributed by atoms with Crippen LogP contribution in [0.3, 0.4) is 0 Å². The van der Waals surface area contributed by atoms with Crippen molar-refractivity contribution in [2.75, 3.05) is 20.1 Å². The van der Waals surface area contributed by atoms with E-state index in [-0.39, 0.29) is 0 Å². The number of hydrogen-bond acceptors (Lipinski definition) is 2. The highest BCUT2D eigenvalue weighted by atomic mass is 15.1. The predicted octanol–water partition coefficient (Wildman–Crippen LogP) is 3.38. The molecule has 0 aliphatic carbocycles. The van der Waals surface area contributed by atoms with E-state index in [9.17, 15) is 0 Å². The summed E-state index contributed by atoms with van der Waals surface area (Å²) in [6, 6.07) is 10.2. The zero-order valence-corrected chi connectivity index (χ0v) is 12.8. The molecule has 1 N–H and O–H groups in total. The van der Waals surface area contributed by atoms with E-state index >= 15 is 0 Å². The Labute approximate surface area is 118 Å². The van der Waals surface area contributed by atoms with Crippen molar-refractivity contribution in [3.05, 3.63) is 35.4 Å². The Hall–Kier alpha value is -0.860. The first kappa shape index (κ1) is 14.5. The van der Waals surface area contributed by atoms with Crippen molar-refractivity contribution in [3.63, 3.8) is 0 Å². The minimum atomic E-state index is 0.570. The van der Waals surface area contributed by atoms with Gasteiger partial charge in [0.2, 0.25) is 0 Å². The van der Waals surface area contributed by atoms with E-state index in [2.05, 4.69) is 62.3 Å². The SMILES string of the molecule is Cc1ccc(C2C(CNC(C)C)CCCN2C)cc1. The molecule has 0 spiro atoms. The lowest BCUT2D eigenvalue weighted by Crippen LogP contribution is -2.41. The molecule has 1 fully saturated rings. The maximum absolute atomic E-state index is 3.62. The summed E-state index contributed by atoms with van der Waals surface area (Å²) in [6.07, 6.45) is 2.66. The second-order valence-electron chi connectivity index (χ2n) is 6.30. The van der Waals surface area contributed by atoms with Gasteiger partial charge in [-0.1, -0.05) is 43.7 Å². The number of benzene rings is 1. The molecular formula is C17H28N2. The second-order valence-corrected chi connectivity index (χ2v) is 6.30. The highest BCUT2D eigenvalue weighted by molar-refractivity contribution is 5.25. The van der Waals surface area contributed by atoms with Crippen molar-refractivity contribution >= 4 is 0 Å². The number of rotatable bonds is 4. The fourth-order valence-electron chi connectivity index (χ4n) is 3.15. The molecule has 1 aromatic carbocycles. The summed E-state index contributed by atoms with van der Waals surface area (Å²) in [5, 5.41) is 3.62. The highest BCUT2D eigenvalue weighted by Crippen LogP contribution is 2.34. The molecule has 2 heteroatoms. The van der Waals surface area contributed by atoms with E-state index in [4.69, 9.17) is 0 Å². The molecule has 0 amide bonds. The van der Waals surface area contributed by atoms with E-state index in [1.165, 1.54) is 30.5 Å². The molecule has 2 nitrogen and oxygen atoms in total. The third-order valence-electron chi connectivity index (χ3n) is 4.21. The van der Waals surface area contributed by atoms with Crippen LogP contribution in [0, 0.1) is 12.8 Å². The molecule has 1 aromatic rings. The van der Waals surface area contributed by atoms with Gasteiger partial charge in [0.05, 0.1) is 0 Å². The second kappa shape index (κ2) is 6.53. The van der Waals surface area contributed by atoms with Gasteiger partial charge < -0.3 is 5.32 Å². The molecular weight excluding hydrogens is 232 g/mol. The maximum Gasteiger partial charge on any atom is 0.0385 e. The summed E-state index contributed by atoms with van der Waals surface area (Å²) >= 11 is 0. The molecule has 2 unspecified atom stereocenters. The molecule has 1 aliphatic rings. The van der Waals surface area contributed by atoms with Gasteiger partial charge in [-0.3, -0.25) is 4.90 Å². The fraction of sp³-hybridized carbons (Fsp3) is 0.647. The molecule has 0 saturated carbocycles. The summed E-state index contributed by atoms with van der Waals surface area (Å²) in [5.74, 6) is 0.726. The van der Waals surface area contributed by atoms with Crippen LogP contribution in [0.2, 0.25) is 0 Å². The fourth-order valence-corrected chi connectivity index (χ4v) is 3.15. The topological polar surface area (TPSA) is 15.3 Å². The normalized spacial score (nSPS) is 24.9. The van der Waals surface area contributed by atoms with Gasteiger partial charge in [-0.25, -0.2) is 0 Å². The monoisotopic (exact) mass is 260 g/mol. The van der Waals surface area contributed by atoms with Crippen LogP contribution in [0.4, 0.5) is 0 Å². The van der Waals surface area contributed by atoms with Crippen LogP contribution in [0.5, 0.6) is 0 Å². The van der Waals surface area contributed by atoms with Crippen molar-refractivity contribution < 1.29 is 0 Å². The van der Waals surface area contributed by atoms with Gasteiger partial charge in [-0.05, 0) is 44.8 Å². The predicted molar refractivity (Wildman–Crippen MR) is 82.4 cm³/mol. The van der Waals surface area contributed by atoms with Crippen molar-refractivity contribution in [1.29, 1.82) is 0 Å². The van der Waals surface area contributed by atoms with Crippen molar-refractivity contribution in [2.24, 2.45) is 5.92 Å². The van der Waals surface area contributed by atoms with Crippen LogP contribution >= 0.6 is 0 Å². The van der Waals surface area contributed by atoms with Crippen molar-refractivity contribution in [1.82, 2.24) is 10.2 Å². The lowest BCUT2D eigenvalue weighted by Gasteiger charge is -2.40. The third kappa shape index (κ3) is 3.80. The van der Waals surface area contributed by atoms with Crippen molar-refractivity contribution in [3.8, 4) is 0 Å². The van der Waals surface area contributed by atoms with Crippen LogP contribution in [-0.4, -0.2) is 31.1 Å². The van der Waals surface area contributed by atoms with Gasteiger partial charge >= 0.3 is 0 Å². The zero-order chi connectivity index (χ0) is 13.8. The average molecular weight is 260 g/mol. The molecule has 0 aromatic heterocycles. The number of likely N-dealkylation sites (tertiary alicyclic amines) is 1. The van der Waals surface area contributed by atoms with Gasteiger partial charge in [-0.15, -0.1) is 0 Å².